The molecule has 8 heteroatoms. The maximum atomic E-state index is 11.9. The first-order chi connectivity index (χ1) is 7.41. The zero-order chi connectivity index (χ0) is 12.2. The van der Waals surface area contributed by atoms with Crippen LogP contribution >= 0.6 is 15.9 Å². The van der Waals surface area contributed by atoms with E-state index in [1.54, 1.807) is 6.07 Å². The molecule has 0 aliphatic heterocycles. The highest BCUT2D eigenvalue weighted by Crippen LogP contribution is 2.23. The lowest BCUT2D eigenvalue weighted by Crippen LogP contribution is -2.22. The van der Waals surface area contributed by atoms with Crippen LogP contribution in [0.1, 0.15) is 0 Å². The normalized spacial score (nSPS) is 12.4. The van der Waals surface area contributed by atoms with Gasteiger partial charge < -0.3 is 5.32 Å². The molecule has 1 aromatic rings. The van der Waals surface area contributed by atoms with E-state index in [0.717, 1.165) is 6.20 Å². The number of carbonyl (C=O) groups excluding carboxylic acids is 1. The average Bonchev–Trinajstić information content (AvgIpc) is 2.25. The van der Waals surface area contributed by atoms with Crippen molar-refractivity contribution in [1.82, 2.24) is 9.97 Å². The summed E-state index contributed by atoms with van der Waals surface area (Å²) < 4.78 is 35.2. The number of hydrogen-bond acceptors (Lipinski definition) is 4. The minimum atomic E-state index is -4.91. The van der Waals surface area contributed by atoms with Crippen molar-refractivity contribution in [2.45, 2.75) is 6.18 Å². The molecule has 1 aromatic heterocycles. The number of Topliss-reactive ketones (excluding diaryl/α,β-unsaturated/α-hetero) is 1. The van der Waals surface area contributed by atoms with Crippen LogP contribution in [0.25, 0.3) is 0 Å². The van der Waals surface area contributed by atoms with E-state index in [1.165, 1.54) is 12.4 Å². The van der Waals surface area contributed by atoms with E-state index in [0.29, 0.717) is 0 Å². The Labute approximate surface area is 96.7 Å². The van der Waals surface area contributed by atoms with Crippen molar-refractivity contribution in [2.24, 2.45) is 0 Å². The minimum absolute atomic E-state index is 0.0921. The molecule has 0 unspecified atom stereocenters. The number of hydrogen-bond donors (Lipinski definition) is 1. The summed E-state index contributed by atoms with van der Waals surface area (Å²) in [5.74, 6) is -1.88. The molecule has 16 heavy (non-hydrogen) atoms. The molecule has 0 fully saturated rings. The van der Waals surface area contributed by atoms with E-state index in [4.69, 9.17) is 0 Å². The first-order valence-electron chi connectivity index (χ1n) is 3.92. The number of halogens is 4. The van der Waals surface area contributed by atoms with Gasteiger partial charge in [-0.15, -0.1) is 0 Å². The van der Waals surface area contributed by atoms with E-state index in [1.807, 2.05) is 0 Å². The van der Waals surface area contributed by atoms with E-state index >= 15 is 0 Å². The highest BCUT2D eigenvalue weighted by molar-refractivity contribution is 9.12. The van der Waals surface area contributed by atoms with Gasteiger partial charge >= 0.3 is 6.18 Å². The molecule has 0 bridgehead atoms. The van der Waals surface area contributed by atoms with Crippen LogP contribution in [0, 0.1) is 0 Å². The topological polar surface area (TPSA) is 54.9 Å². The Morgan fingerprint density at radius 2 is 1.94 bits per heavy atom. The van der Waals surface area contributed by atoms with Crippen molar-refractivity contribution >= 4 is 27.7 Å². The number of anilines is 1. The summed E-state index contributed by atoms with van der Waals surface area (Å²) in [6.07, 6.45) is -1.26. The molecule has 0 spiro atoms. The lowest BCUT2D eigenvalue weighted by Gasteiger charge is -2.04. The van der Waals surface area contributed by atoms with Gasteiger partial charge in [0.2, 0.25) is 5.95 Å². The molecule has 0 amide bonds. The molecule has 0 saturated heterocycles. The second-order valence-corrected chi connectivity index (χ2v) is 3.39. The van der Waals surface area contributed by atoms with Crippen LogP contribution in [0.2, 0.25) is 0 Å². The van der Waals surface area contributed by atoms with Gasteiger partial charge in [0.15, 0.2) is 0 Å². The first-order valence-corrected chi connectivity index (χ1v) is 4.71. The third-order valence-corrected chi connectivity index (χ3v) is 1.96. The Bertz CT molecular complexity index is 405. The van der Waals surface area contributed by atoms with E-state index in [-0.39, 0.29) is 5.95 Å². The number of nitrogens with one attached hydrogen (secondary N) is 1. The summed E-state index contributed by atoms with van der Waals surface area (Å²) in [7, 11) is 0. The van der Waals surface area contributed by atoms with Crippen LogP contribution < -0.4 is 5.32 Å². The van der Waals surface area contributed by atoms with Gasteiger partial charge in [0.25, 0.3) is 5.78 Å². The molecule has 86 valence electrons. The van der Waals surface area contributed by atoms with Crippen LogP contribution in [0.5, 0.6) is 0 Å². The summed E-state index contributed by atoms with van der Waals surface area (Å²) in [4.78, 5) is 18.0. The third kappa shape index (κ3) is 3.61. The molecule has 0 aliphatic carbocycles. The molecular formula is C8H5BrF3N3O. The number of allylic oxidation sites excluding steroid dienone is 1. The van der Waals surface area contributed by atoms with Crippen LogP contribution in [-0.2, 0) is 4.79 Å². The van der Waals surface area contributed by atoms with Crippen LogP contribution in [0.4, 0.5) is 19.1 Å². The van der Waals surface area contributed by atoms with Gasteiger partial charge in [-0.25, -0.2) is 9.97 Å². The number of nitrogens with zero attached hydrogens (tertiary/aromatic N) is 2. The largest absolute Gasteiger partial charge is 0.455 e. The Balaban J connectivity index is 2.69. The fourth-order valence-electron chi connectivity index (χ4n) is 0.702. The summed E-state index contributed by atoms with van der Waals surface area (Å²) in [6.45, 7) is 0. The van der Waals surface area contributed by atoms with Crippen LogP contribution in [-0.4, -0.2) is 21.9 Å². The Hall–Kier alpha value is -1.44. The van der Waals surface area contributed by atoms with Gasteiger partial charge in [0.1, 0.15) is 0 Å². The van der Waals surface area contributed by atoms with Crippen LogP contribution in [0.15, 0.2) is 29.1 Å². The lowest BCUT2D eigenvalue weighted by atomic mass is 10.4. The molecule has 4 nitrogen and oxygen atoms in total. The Kier molecular flexibility index (Phi) is 3.99. The minimum Gasteiger partial charge on any atom is -0.330 e. The summed E-state index contributed by atoms with van der Waals surface area (Å²) in [5, 5.41) is 2.35. The fraction of sp³-hybridized carbons (Fsp3) is 0.125. The number of ketones is 1. The maximum absolute atomic E-state index is 11.9. The van der Waals surface area contributed by atoms with Crippen LogP contribution in [0.3, 0.4) is 0 Å². The second-order valence-electron chi connectivity index (χ2n) is 2.54. The standard InChI is InChI=1S/C8H5BrF3N3O/c9-5(6(16)8(10,11)12)4-15-7-13-2-1-3-14-7/h1-4H,(H,13,14,15)/b5-4-. The summed E-state index contributed by atoms with van der Waals surface area (Å²) in [6, 6.07) is 1.55. The monoisotopic (exact) mass is 295 g/mol. The van der Waals surface area contributed by atoms with Gasteiger partial charge in [-0.3, -0.25) is 4.79 Å². The number of aromatic nitrogens is 2. The second kappa shape index (κ2) is 5.06. The maximum Gasteiger partial charge on any atom is 0.455 e. The van der Waals surface area contributed by atoms with Gasteiger partial charge in [0.05, 0.1) is 4.48 Å². The molecule has 0 aliphatic rings. The molecular weight excluding hydrogens is 291 g/mol. The molecule has 0 aromatic carbocycles. The van der Waals surface area contributed by atoms with E-state index in [2.05, 4.69) is 31.2 Å². The zero-order valence-electron chi connectivity index (χ0n) is 7.62. The van der Waals surface area contributed by atoms with E-state index in [9.17, 15) is 18.0 Å². The predicted octanol–water partition coefficient (Wildman–Crippen LogP) is 2.26. The van der Waals surface area contributed by atoms with Crippen molar-refractivity contribution in [1.29, 1.82) is 0 Å². The number of alkyl halides is 3. The van der Waals surface area contributed by atoms with E-state index < -0.39 is 16.4 Å². The van der Waals surface area contributed by atoms with Gasteiger partial charge in [0, 0.05) is 18.6 Å². The molecule has 1 N–H and O–H groups in total. The molecule has 1 rings (SSSR count). The summed E-state index contributed by atoms with van der Waals surface area (Å²) in [5.41, 5.74) is 0. The number of rotatable bonds is 3. The highest BCUT2D eigenvalue weighted by Gasteiger charge is 2.39. The SMILES string of the molecule is O=C(/C(Br)=C/Nc1ncccn1)C(F)(F)F. The molecule has 0 radical (unpaired) electrons. The van der Waals surface area contributed by atoms with Crippen molar-refractivity contribution < 1.29 is 18.0 Å². The quantitative estimate of drug-likeness (QED) is 0.869. The molecule has 0 atom stereocenters. The average molecular weight is 296 g/mol. The smallest absolute Gasteiger partial charge is 0.330 e. The molecule has 1 heterocycles. The fourth-order valence-corrected chi connectivity index (χ4v) is 1.04. The Morgan fingerprint density at radius 3 is 2.44 bits per heavy atom. The van der Waals surface area contributed by atoms with Gasteiger partial charge in [-0.2, -0.15) is 13.2 Å². The van der Waals surface area contributed by atoms with Crippen molar-refractivity contribution in [3.05, 3.63) is 29.1 Å². The van der Waals surface area contributed by atoms with Gasteiger partial charge in [-0.1, -0.05) is 0 Å². The number of carbonyl (C=O) groups is 1. The highest BCUT2D eigenvalue weighted by atomic mass is 79.9. The Morgan fingerprint density at radius 1 is 1.38 bits per heavy atom. The first kappa shape index (κ1) is 12.6. The lowest BCUT2D eigenvalue weighted by molar-refractivity contribution is -0.165. The third-order valence-electron chi connectivity index (χ3n) is 1.37. The zero-order valence-corrected chi connectivity index (χ0v) is 9.21. The summed E-state index contributed by atoms with van der Waals surface area (Å²) >= 11 is 2.51. The molecule has 0 saturated carbocycles. The van der Waals surface area contributed by atoms with Gasteiger partial charge in [-0.05, 0) is 22.0 Å². The van der Waals surface area contributed by atoms with Crippen molar-refractivity contribution in [3.63, 3.8) is 0 Å². The van der Waals surface area contributed by atoms with Crippen molar-refractivity contribution in [3.8, 4) is 0 Å². The van der Waals surface area contributed by atoms with Crippen molar-refractivity contribution in [2.75, 3.05) is 5.32 Å². The predicted molar refractivity (Wildman–Crippen MR) is 53.7 cm³/mol.